The van der Waals surface area contributed by atoms with Crippen LogP contribution in [0.1, 0.15) is 21.1 Å². The van der Waals surface area contributed by atoms with E-state index in [-0.39, 0.29) is 5.78 Å². The van der Waals surface area contributed by atoms with E-state index in [9.17, 15) is 4.79 Å². The summed E-state index contributed by atoms with van der Waals surface area (Å²) in [4.78, 5) is 16.3. The summed E-state index contributed by atoms with van der Waals surface area (Å²) in [5, 5.41) is 3.19. The number of ketones is 1. The van der Waals surface area contributed by atoms with Gasteiger partial charge in [-0.25, -0.2) is 4.98 Å². The van der Waals surface area contributed by atoms with Crippen molar-refractivity contribution in [3.05, 3.63) is 50.9 Å². The monoisotopic (exact) mass is 266 g/mol. The molecule has 1 aromatic heterocycles. The lowest BCUT2D eigenvalue weighted by Crippen LogP contribution is -2.04. The number of hydrogen-bond donors (Lipinski definition) is 1. The van der Waals surface area contributed by atoms with E-state index < -0.39 is 0 Å². The summed E-state index contributed by atoms with van der Waals surface area (Å²) in [5.41, 5.74) is 6.46. The number of hydrogen-bond acceptors (Lipinski definition) is 4. The topological polar surface area (TPSA) is 56.0 Å². The minimum absolute atomic E-state index is 0.105. The van der Waals surface area contributed by atoms with Crippen LogP contribution >= 0.6 is 22.9 Å². The fourth-order valence-electron chi connectivity index (χ4n) is 1.43. The summed E-state index contributed by atoms with van der Waals surface area (Å²) < 4.78 is 0. The summed E-state index contributed by atoms with van der Waals surface area (Å²) >= 11 is 7.30. The van der Waals surface area contributed by atoms with Crippen molar-refractivity contribution >= 4 is 28.7 Å². The van der Waals surface area contributed by atoms with Gasteiger partial charge < -0.3 is 5.73 Å². The molecule has 2 rings (SSSR count). The predicted molar refractivity (Wildman–Crippen MR) is 69.8 cm³/mol. The van der Waals surface area contributed by atoms with E-state index in [0.29, 0.717) is 29.2 Å². The number of carbonyl (C=O) groups excluding carboxylic acids is 1. The Labute approximate surface area is 108 Å². The second-order valence-electron chi connectivity index (χ2n) is 3.50. The van der Waals surface area contributed by atoms with Gasteiger partial charge in [0, 0.05) is 22.4 Å². The minimum Gasteiger partial charge on any atom is -0.330 e. The molecule has 0 aliphatic carbocycles. The highest BCUT2D eigenvalue weighted by atomic mass is 35.5. The second-order valence-corrected chi connectivity index (χ2v) is 4.88. The van der Waals surface area contributed by atoms with Crippen LogP contribution < -0.4 is 5.73 Å². The van der Waals surface area contributed by atoms with Gasteiger partial charge in [0.15, 0.2) is 0 Å². The lowest BCUT2D eigenvalue weighted by atomic mass is 10.1. The molecule has 0 aliphatic rings. The van der Waals surface area contributed by atoms with E-state index in [1.54, 1.807) is 29.6 Å². The van der Waals surface area contributed by atoms with Crippen molar-refractivity contribution in [2.24, 2.45) is 5.73 Å². The van der Waals surface area contributed by atoms with E-state index in [4.69, 9.17) is 17.3 Å². The molecule has 2 N–H and O–H groups in total. The standard InChI is InChI=1S/C12H11ClN2OS/c13-9-3-1-2-8(6-9)12(16)10-7-17-11(15-10)4-5-14/h1-3,6-7H,4-5,14H2. The van der Waals surface area contributed by atoms with Gasteiger partial charge in [-0.05, 0) is 18.7 Å². The van der Waals surface area contributed by atoms with Gasteiger partial charge in [-0.1, -0.05) is 23.7 Å². The third-order valence-corrected chi connectivity index (χ3v) is 3.37. The van der Waals surface area contributed by atoms with Gasteiger partial charge in [-0.3, -0.25) is 4.79 Å². The van der Waals surface area contributed by atoms with Crippen LogP contribution in [-0.2, 0) is 6.42 Å². The van der Waals surface area contributed by atoms with Gasteiger partial charge in [-0.15, -0.1) is 11.3 Å². The van der Waals surface area contributed by atoms with Crippen LogP contribution in [0.2, 0.25) is 5.02 Å². The van der Waals surface area contributed by atoms with Crippen LogP contribution in [-0.4, -0.2) is 17.3 Å². The minimum atomic E-state index is -0.105. The molecule has 1 heterocycles. The van der Waals surface area contributed by atoms with Crippen LogP contribution in [0, 0.1) is 0 Å². The highest BCUT2D eigenvalue weighted by Crippen LogP contribution is 2.17. The summed E-state index contributed by atoms with van der Waals surface area (Å²) in [5.74, 6) is -0.105. The molecule has 0 fully saturated rings. The van der Waals surface area contributed by atoms with Gasteiger partial charge in [0.25, 0.3) is 0 Å². The third-order valence-electron chi connectivity index (χ3n) is 2.23. The fourth-order valence-corrected chi connectivity index (χ4v) is 2.42. The Morgan fingerprint density at radius 1 is 1.47 bits per heavy atom. The van der Waals surface area contributed by atoms with E-state index in [1.807, 2.05) is 0 Å². The van der Waals surface area contributed by atoms with Gasteiger partial charge in [0.1, 0.15) is 5.69 Å². The molecular formula is C12H11ClN2OS. The average molecular weight is 267 g/mol. The zero-order valence-electron chi connectivity index (χ0n) is 9.02. The SMILES string of the molecule is NCCc1nc(C(=O)c2cccc(Cl)c2)cs1. The Hall–Kier alpha value is -1.23. The maximum absolute atomic E-state index is 12.1. The molecule has 0 radical (unpaired) electrons. The zero-order valence-corrected chi connectivity index (χ0v) is 10.6. The molecule has 0 aliphatic heterocycles. The first kappa shape index (κ1) is 12.2. The lowest BCUT2D eigenvalue weighted by Gasteiger charge is -1.97. The molecule has 0 unspecified atom stereocenters. The van der Waals surface area contributed by atoms with Crippen molar-refractivity contribution in [1.82, 2.24) is 4.98 Å². The van der Waals surface area contributed by atoms with E-state index in [2.05, 4.69) is 4.98 Å². The molecule has 5 heteroatoms. The summed E-state index contributed by atoms with van der Waals surface area (Å²) in [7, 11) is 0. The van der Waals surface area contributed by atoms with Crippen molar-refractivity contribution in [1.29, 1.82) is 0 Å². The molecule has 88 valence electrons. The largest absolute Gasteiger partial charge is 0.330 e. The number of nitrogens with zero attached hydrogens (tertiary/aromatic N) is 1. The Morgan fingerprint density at radius 3 is 3.00 bits per heavy atom. The zero-order chi connectivity index (χ0) is 12.3. The first-order chi connectivity index (χ1) is 8.20. The predicted octanol–water partition coefficient (Wildman–Crippen LogP) is 2.53. The number of benzene rings is 1. The first-order valence-electron chi connectivity index (χ1n) is 5.15. The Bertz CT molecular complexity index is 539. The first-order valence-corrected chi connectivity index (χ1v) is 6.41. The molecule has 0 spiro atoms. The highest BCUT2D eigenvalue weighted by molar-refractivity contribution is 7.09. The third kappa shape index (κ3) is 2.91. The smallest absolute Gasteiger partial charge is 0.212 e. The summed E-state index contributed by atoms with van der Waals surface area (Å²) in [6.07, 6.45) is 0.702. The van der Waals surface area contributed by atoms with Crippen molar-refractivity contribution in [2.75, 3.05) is 6.54 Å². The number of nitrogens with two attached hydrogens (primary N) is 1. The van der Waals surface area contributed by atoms with Gasteiger partial charge in [-0.2, -0.15) is 0 Å². The fraction of sp³-hybridized carbons (Fsp3) is 0.167. The van der Waals surface area contributed by atoms with Crippen LogP contribution in [0.5, 0.6) is 0 Å². The molecule has 2 aromatic rings. The molecule has 1 aromatic carbocycles. The number of thiazole rings is 1. The molecule has 0 amide bonds. The molecular weight excluding hydrogens is 256 g/mol. The molecule has 17 heavy (non-hydrogen) atoms. The number of aromatic nitrogens is 1. The quantitative estimate of drug-likeness (QED) is 0.865. The van der Waals surface area contributed by atoms with Crippen molar-refractivity contribution in [3.63, 3.8) is 0 Å². The van der Waals surface area contributed by atoms with Crippen molar-refractivity contribution in [2.45, 2.75) is 6.42 Å². The van der Waals surface area contributed by atoms with Crippen LogP contribution in [0.15, 0.2) is 29.6 Å². The van der Waals surface area contributed by atoms with E-state index in [0.717, 1.165) is 5.01 Å². The van der Waals surface area contributed by atoms with Gasteiger partial charge in [0.2, 0.25) is 5.78 Å². The maximum Gasteiger partial charge on any atom is 0.212 e. The van der Waals surface area contributed by atoms with Crippen molar-refractivity contribution < 1.29 is 4.79 Å². The molecule has 0 saturated heterocycles. The van der Waals surface area contributed by atoms with Crippen LogP contribution in [0.25, 0.3) is 0 Å². The molecule has 0 saturated carbocycles. The van der Waals surface area contributed by atoms with E-state index >= 15 is 0 Å². The van der Waals surface area contributed by atoms with Gasteiger partial charge >= 0.3 is 0 Å². The van der Waals surface area contributed by atoms with E-state index in [1.165, 1.54) is 11.3 Å². The number of carbonyl (C=O) groups is 1. The molecule has 0 atom stereocenters. The summed E-state index contributed by atoms with van der Waals surface area (Å²) in [6.45, 7) is 0.540. The highest BCUT2D eigenvalue weighted by Gasteiger charge is 2.13. The normalized spacial score (nSPS) is 10.5. The average Bonchev–Trinajstić information content (AvgIpc) is 2.77. The lowest BCUT2D eigenvalue weighted by molar-refractivity contribution is 0.103. The number of rotatable bonds is 4. The van der Waals surface area contributed by atoms with Crippen LogP contribution in [0.3, 0.4) is 0 Å². The second kappa shape index (κ2) is 5.40. The number of halogens is 1. The van der Waals surface area contributed by atoms with Crippen molar-refractivity contribution in [3.8, 4) is 0 Å². The summed E-state index contributed by atoms with van der Waals surface area (Å²) in [6, 6.07) is 6.87. The Balaban J connectivity index is 2.24. The molecule has 3 nitrogen and oxygen atoms in total. The Kier molecular flexibility index (Phi) is 3.89. The van der Waals surface area contributed by atoms with Crippen LogP contribution in [0.4, 0.5) is 0 Å². The molecule has 0 bridgehead atoms. The van der Waals surface area contributed by atoms with Gasteiger partial charge in [0.05, 0.1) is 5.01 Å². The maximum atomic E-state index is 12.1. The Morgan fingerprint density at radius 2 is 2.29 bits per heavy atom.